The normalized spacial score (nSPS) is 25.1. The van der Waals surface area contributed by atoms with Crippen molar-refractivity contribution in [3.63, 3.8) is 0 Å². The van der Waals surface area contributed by atoms with Gasteiger partial charge in [-0.3, -0.25) is 9.69 Å². The number of ether oxygens (including phenoxy) is 1. The van der Waals surface area contributed by atoms with Gasteiger partial charge >= 0.3 is 0 Å². The second kappa shape index (κ2) is 6.22. The van der Waals surface area contributed by atoms with Crippen LogP contribution in [0.4, 0.5) is 0 Å². The molecule has 2 saturated heterocycles. The Kier molecular flexibility index (Phi) is 4.87. The van der Waals surface area contributed by atoms with Crippen molar-refractivity contribution in [2.75, 3.05) is 51.8 Å². The molecule has 0 aromatic heterocycles. The SMILES string of the molecule is CC1(CN2CCOCC2)CCN(C(=O)CCl)CC1. The number of nitrogens with zero attached hydrogens (tertiary/aromatic N) is 2. The smallest absolute Gasteiger partial charge is 0.237 e. The van der Waals surface area contributed by atoms with Crippen molar-refractivity contribution < 1.29 is 9.53 Å². The van der Waals surface area contributed by atoms with Gasteiger partial charge in [-0.1, -0.05) is 6.92 Å². The molecule has 0 saturated carbocycles. The number of hydrogen-bond acceptors (Lipinski definition) is 3. The molecule has 104 valence electrons. The summed E-state index contributed by atoms with van der Waals surface area (Å²) in [5, 5.41) is 0. The van der Waals surface area contributed by atoms with E-state index in [-0.39, 0.29) is 11.8 Å². The number of morpholine rings is 1. The quantitative estimate of drug-likeness (QED) is 0.725. The number of carbonyl (C=O) groups is 1. The molecule has 0 unspecified atom stereocenters. The Hall–Kier alpha value is -0.320. The molecule has 2 fully saturated rings. The van der Waals surface area contributed by atoms with Crippen molar-refractivity contribution >= 4 is 17.5 Å². The molecule has 0 aromatic rings. The summed E-state index contributed by atoms with van der Waals surface area (Å²) in [6.45, 7) is 8.96. The summed E-state index contributed by atoms with van der Waals surface area (Å²) in [6, 6.07) is 0. The molecule has 0 bridgehead atoms. The first kappa shape index (κ1) is 14.1. The van der Waals surface area contributed by atoms with Crippen molar-refractivity contribution in [3.8, 4) is 0 Å². The van der Waals surface area contributed by atoms with Crippen LogP contribution >= 0.6 is 11.6 Å². The number of rotatable bonds is 3. The van der Waals surface area contributed by atoms with E-state index in [0.717, 1.165) is 58.8 Å². The summed E-state index contributed by atoms with van der Waals surface area (Å²) in [7, 11) is 0. The second-order valence-electron chi connectivity index (χ2n) is 5.71. The molecule has 1 amide bonds. The highest BCUT2D eigenvalue weighted by atomic mass is 35.5. The summed E-state index contributed by atoms with van der Waals surface area (Å²) in [6.07, 6.45) is 2.15. The number of alkyl halides is 1. The van der Waals surface area contributed by atoms with E-state index in [9.17, 15) is 4.79 Å². The van der Waals surface area contributed by atoms with Gasteiger partial charge in [0.25, 0.3) is 0 Å². The maximum atomic E-state index is 11.5. The van der Waals surface area contributed by atoms with Crippen LogP contribution in [-0.2, 0) is 9.53 Å². The van der Waals surface area contributed by atoms with Gasteiger partial charge in [-0.25, -0.2) is 0 Å². The van der Waals surface area contributed by atoms with Gasteiger partial charge in [0.15, 0.2) is 0 Å². The number of halogens is 1. The second-order valence-corrected chi connectivity index (χ2v) is 5.98. The monoisotopic (exact) mass is 274 g/mol. The third-order valence-electron chi connectivity index (χ3n) is 4.15. The highest BCUT2D eigenvalue weighted by Gasteiger charge is 2.33. The van der Waals surface area contributed by atoms with Crippen LogP contribution in [0.5, 0.6) is 0 Å². The fourth-order valence-electron chi connectivity index (χ4n) is 2.84. The topological polar surface area (TPSA) is 32.8 Å². The average molecular weight is 275 g/mol. The predicted molar refractivity (Wildman–Crippen MR) is 71.9 cm³/mol. The van der Waals surface area contributed by atoms with E-state index >= 15 is 0 Å². The number of carbonyl (C=O) groups excluding carboxylic acids is 1. The Labute approximate surface area is 114 Å². The zero-order chi connectivity index (χ0) is 13.0. The summed E-state index contributed by atoms with van der Waals surface area (Å²) in [5.74, 6) is 0.185. The molecule has 5 heteroatoms. The van der Waals surface area contributed by atoms with Gasteiger partial charge in [0.05, 0.1) is 13.2 Å². The molecule has 0 aliphatic carbocycles. The molecule has 4 nitrogen and oxygen atoms in total. The molecular weight excluding hydrogens is 252 g/mol. The minimum Gasteiger partial charge on any atom is -0.379 e. The Morgan fingerprint density at radius 2 is 1.83 bits per heavy atom. The van der Waals surface area contributed by atoms with Crippen LogP contribution in [0.2, 0.25) is 0 Å². The van der Waals surface area contributed by atoms with Crippen LogP contribution in [0.15, 0.2) is 0 Å². The number of amides is 1. The lowest BCUT2D eigenvalue weighted by molar-refractivity contribution is -0.130. The highest BCUT2D eigenvalue weighted by molar-refractivity contribution is 6.27. The van der Waals surface area contributed by atoms with Crippen molar-refractivity contribution in [1.82, 2.24) is 9.80 Å². The first-order chi connectivity index (χ1) is 8.63. The molecule has 0 atom stereocenters. The van der Waals surface area contributed by atoms with Crippen LogP contribution in [-0.4, -0.2) is 67.5 Å². The number of hydrogen-bond donors (Lipinski definition) is 0. The highest BCUT2D eigenvalue weighted by Crippen LogP contribution is 2.32. The molecule has 0 aromatic carbocycles. The zero-order valence-electron chi connectivity index (χ0n) is 11.2. The lowest BCUT2D eigenvalue weighted by Crippen LogP contribution is -2.49. The van der Waals surface area contributed by atoms with Gasteiger partial charge in [0.1, 0.15) is 5.88 Å². The van der Waals surface area contributed by atoms with E-state index in [0.29, 0.717) is 5.41 Å². The summed E-state index contributed by atoms with van der Waals surface area (Å²) >= 11 is 5.60. The van der Waals surface area contributed by atoms with Gasteiger partial charge in [-0.05, 0) is 18.3 Å². The van der Waals surface area contributed by atoms with Crippen LogP contribution < -0.4 is 0 Å². The van der Waals surface area contributed by atoms with E-state index in [1.54, 1.807) is 0 Å². The largest absolute Gasteiger partial charge is 0.379 e. The van der Waals surface area contributed by atoms with E-state index in [4.69, 9.17) is 16.3 Å². The molecule has 2 rings (SSSR count). The van der Waals surface area contributed by atoms with Crippen LogP contribution in [0.25, 0.3) is 0 Å². The molecule has 2 aliphatic rings. The minimum atomic E-state index is 0.0742. The molecule has 2 heterocycles. The molecule has 0 spiro atoms. The van der Waals surface area contributed by atoms with Gasteiger partial charge in [0.2, 0.25) is 5.91 Å². The molecule has 0 N–H and O–H groups in total. The van der Waals surface area contributed by atoms with Gasteiger partial charge in [0, 0.05) is 32.7 Å². The first-order valence-corrected chi connectivity index (χ1v) is 7.30. The molecule has 18 heavy (non-hydrogen) atoms. The Bertz CT molecular complexity index is 285. The van der Waals surface area contributed by atoms with Crippen molar-refractivity contribution in [1.29, 1.82) is 0 Å². The van der Waals surface area contributed by atoms with E-state index in [2.05, 4.69) is 11.8 Å². The van der Waals surface area contributed by atoms with Crippen molar-refractivity contribution in [2.45, 2.75) is 19.8 Å². The average Bonchev–Trinajstić information content (AvgIpc) is 2.39. The first-order valence-electron chi connectivity index (χ1n) is 6.77. The van der Waals surface area contributed by atoms with Crippen LogP contribution in [0, 0.1) is 5.41 Å². The molecule has 2 aliphatic heterocycles. The summed E-state index contributed by atoms with van der Waals surface area (Å²) in [5.41, 5.74) is 0.334. The standard InChI is InChI=1S/C13H23ClN2O2/c1-13(11-15-6-8-18-9-7-15)2-4-16(5-3-13)12(17)10-14/h2-11H2,1H3. The lowest BCUT2D eigenvalue weighted by Gasteiger charge is -2.42. The summed E-state index contributed by atoms with van der Waals surface area (Å²) < 4.78 is 5.38. The Balaban J connectivity index is 1.80. The Morgan fingerprint density at radius 3 is 2.39 bits per heavy atom. The van der Waals surface area contributed by atoms with E-state index < -0.39 is 0 Å². The molecular formula is C13H23ClN2O2. The van der Waals surface area contributed by atoms with E-state index in [1.807, 2.05) is 4.90 Å². The van der Waals surface area contributed by atoms with Crippen LogP contribution in [0.1, 0.15) is 19.8 Å². The third-order valence-corrected chi connectivity index (χ3v) is 4.38. The maximum absolute atomic E-state index is 11.5. The van der Waals surface area contributed by atoms with Gasteiger partial charge in [-0.15, -0.1) is 11.6 Å². The third kappa shape index (κ3) is 3.59. The van der Waals surface area contributed by atoms with Crippen molar-refractivity contribution in [2.24, 2.45) is 5.41 Å². The van der Waals surface area contributed by atoms with E-state index in [1.165, 1.54) is 0 Å². The fraction of sp³-hybridized carbons (Fsp3) is 0.923. The lowest BCUT2D eigenvalue weighted by atomic mass is 9.79. The zero-order valence-corrected chi connectivity index (χ0v) is 11.9. The summed E-state index contributed by atoms with van der Waals surface area (Å²) in [4.78, 5) is 15.9. The van der Waals surface area contributed by atoms with Gasteiger partial charge < -0.3 is 9.64 Å². The number of likely N-dealkylation sites (tertiary alicyclic amines) is 1. The fourth-order valence-corrected chi connectivity index (χ4v) is 3.01. The van der Waals surface area contributed by atoms with Gasteiger partial charge in [-0.2, -0.15) is 0 Å². The maximum Gasteiger partial charge on any atom is 0.237 e. The minimum absolute atomic E-state index is 0.0742. The number of piperidine rings is 1. The molecule has 0 radical (unpaired) electrons. The predicted octanol–water partition coefficient (Wildman–Crippen LogP) is 1.19. The Morgan fingerprint density at radius 1 is 1.22 bits per heavy atom. The van der Waals surface area contributed by atoms with Crippen molar-refractivity contribution in [3.05, 3.63) is 0 Å². The van der Waals surface area contributed by atoms with Crippen LogP contribution in [0.3, 0.4) is 0 Å².